The second kappa shape index (κ2) is 5.10. The molecule has 88 valence electrons. The quantitative estimate of drug-likeness (QED) is 0.797. The minimum Gasteiger partial charge on any atom is -0.490 e. The molecular weight excluding hydrogens is 282 g/mol. The van der Waals surface area contributed by atoms with E-state index in [9.17, 15) is 8.78 Å². The fourth-order valence-corrected chi connectivity index (χ4v) is 1.97. The van der Waals surface area contributed by atoms with Gasteiger partial charge in [-0.05, 0) is 18.6 Å². The van der Waals surface area contributed by atoms with Crippen molar-refractivity contribution in [3.8, 4) is 5.75 Å². The van der Waals surface area contributed by atoms with E-state index in [1.54, 1.807) is 0 Å². The lowest BCUT2D eigenvalue weighted by atomic mass is 10.1. The summed E-state index contributed by atoms with van der Waals surface area (Å²) in [5.74, 6) is -1.64. The fourth-order valence-electron chi connectivity index (χ4n) is 1.56. The molecule has 0 amide bonds. The van der Waals surface area contributed by atoms with Gasteiger partial charge < -0.3 is 9.47 Å². The van der Waals surface area contributed by atoms with E-state index in [1.807, 2.05) is 0 Å². The number of ether oxygens (including phenoxy) is 2. The predicted octanol–water partition coefficient (Wildman–Crippen LogP) is 3.14. The molecule has 0 N–H and O–H groups in total. The Labute approximate surface area is 101 Å². The number of halogens is 3. The zero-order valence-electron chi connectivity index (χ0n) is 8.51. The van der Waals surface area contributed by atoms with Crippen LogP contribution in [0.5, 0.6) is 5.75 Å². The summed E-state index contributed by atoms with van der Waals surface area (Å²) in [5, 5.41) is 0. The first-order valence-corrected chi connectivity index (χ1v) is 5.81. The van der Waals surface area contributed by atoms with Crippen molar-refractivity contribution < 1.29 is 18.3 Å². The highest BCUT2D eigenvalue weighted by atomic mass is 79.9. The molecule has 1 aromatic carbocycles. The summed E-state index contributed by atoms with van der Waals surface area (Å²) in [4.78, 5) is 0. The topological polar surface area (TPSA) is 18.5 Å². The lowest BCUT2D eigenvalue weighted by Crippen LogP contribution is -2.12. The summed E-state index contributed by atoms with van der Waals surface area (Å²) in [6.45, 7) is 1.69. The summed E-state index contributed by atoms with van der Waals surface area (Å²) in [5.41, 5.74) is 0. The van der Waals surface area contributed by atoms with Crippen LogP contribution in [0.2, 0.25) is 0 Å². The van der Waals surface area contributed by atoms with Gasteiger partial charge in [-0.2, -0.15) is 4.39 Å². The molecule has 5 heteroatoms. The number of benzene rings is 1. The molecule has 1 atom stereocenters. The van der Waals surface area contributed by atoms with E-state index in [-0.39, 0.29) is 11.7 Å². The van der Waals surface area contributed by atoms with E-state index in [0.717, 1.165) is 12.5 Å². The largest absolute Gasteiger partial charge is 0.490 e. The normalized spacial score (nSPS) is 20.1. The van der Waals surface area contributed by atoms with Gasteiger partial charge in [0.1, 0.15) is 0 Å². The van der Waals surface area contributed by atoms with Gasteiger partial charge >= 0.3 is 0 Å². The van der Waals surface area contributed by atoms with Crippen molar-refractivity contribution in [1.82, 2.24) is 0 Å². The lowest BCUT2D eigenvalue weighted by molar-refractivity contribution is 0.165. The highest BCUT2D eigenvalue weighted by Crippen LogP contribution is 2.26. The Bertz CT molecular complexity index is 378. The van der Waals surface area contributed by atoms with Crippen LogP contribution in [-0.2, 0) is 4.74 Å². The smallest absolute Gasteiger partial charge is 0.200 e. The third-order valence-corrected chi connectivity index (χ3v) is 2.92. The predicted molar refractivity (Wildman–Crippen MR) is 58.5 cm³/mol. The first-order chi connectivity index (χ1) is 7.66. The Morgan fingerprint density at radius 2 is 2.25 bits per heavy atom. The lowest BCUT2D eigenvalue weighted by Gasteiger charge is -2.11. The van der Waals surface area contributed by atoms with Crippen LogP contribution in [-0.4, -0.2) is 19.8 Å². The molecule has 1 aromatic rings. The molecule has 0 aliphatic carbocycles. The average Bonchev–Trinajstić information content (AvgIpc) is 2.74. The van der Waals surface area contributed by atoms with Crippen molar-refractivity contribution in [2.24, 2.45) is 5.92 Å². The van der Waals surface area contributed by atoms with Gasteiger partial charge in [-0.1, -0.05) is 15.9 Å². The van der Waals surface area contributed by atoms with Crippen LogP contribution in [0, 0.1) is 17.6 Å². The summed E-state index contributed by atoms with van der Waals surface area (Å²) >= 11 is 3.09. The van der Waals surface area contributed by atoms with Crippen LogP contribution < -0.4 is 4.74 Å². The van der Waals surface area contributed by atoms with Crippen LogP contribution in [0.15, 0.2) is 16.6 Å². The average molecular weight is 293 g/mol. The van der Waals surface area contributed by atoms with Crippen molar-refractivity contribution in [1.29, 1.82) is 0 Å². The first-order valence-electron chi connectivity index (χ1n) is 5.02. The third-order valence-electron chi connectivity index (χ3n) is 2.46. The van der Waals surface area contributed by atoms with Gasteiger partial charge in [0, 0.05) is 17.0 Å². The standard InChI is InChI=1S/C11H11BrF2O2/c12-8-3-9(13)11(14)10(4-8)16-6-7-1-2-15-5-7/h3-4,7H,1-2,5-6H2. The van der Waals surface area contributed by atoms with Crippen LogP contribution in [0.4, 0.5) is 8.78 Å². The summed E-state index contributed by atoms with van der Waals surface area (Å²) in [7, 11) is 0. The highest BCUT2D eigenvalue weighted by Gasteiger charge is 2.18. The van der Waals surface area contributed by atoms with Crippen molar-refractivity contribution in [2.45, 2.75) is 6.42 Å². The van der Waals surface area contributed by atoms with E-state index in [1.165, 1.54) is 6.07 Å². The van der Waals surface area contributed by atoms with E-state index >= 15 is 0 Å². The molecule has 2 nitrogen and oxygen atoms in total. The molecule has 0 radical (unpaired) electrons. The highest BCUT2D eigenvalue weighted by molar-refractivity contribution is 9.10. The van der Waals surface area contributed by atoms with Gasteiger partial charge in [0.25, 0.3) is 0 Å². The summed E-state index contributed by atoms with van der Waals surface area (Å²) in [6, 6.07) is 2.50. The molecule has 1 aliphatic heterocycles. The van der Waals surface area contributed by atoms with E-state index < -0.39 is 11.6 Å². The van der Waals surface area contributed by atoms with Gasteiger partial charge in [-0.25, -0.2) is 4.39 Å². The van der Waals surface area contributed by atoms with Gasteiger partial charge in [0.15, 0.2) is 11.6 Å². The molecule has 1 heterocycles. The Hall–Kier alpha value is -0.680. The van der Waals surface area contributed by atoms with Crippen LogP contribution in [0.25, 0.3) is 0 Å². The maximum Gasteiger partial charge on any atom is 0.200 e. The zero-order valence-corrected chi connectivity index (χ0v) is 10.1. The molecule has 1 fully saturated rings. The molecule has 0 aromatic heterocycles. The number of rotatable bonds is 3. The Balaban J connectivity index is 2.02. The third kappa shape index (κ3) is 2.71. The van der Waals surface area contributed by atoms with Gasteiger partial charge in [0.2, 0.25) is 5.82 Å². The molecule has 1 saturated heterocycles. The number of hydrogen-bond acceptors (Lipinski definition) is 2. The maximum atomic E-state index is 13.3. The maximum absolute atomic E-state index is 13.3. The van der Waals surface area contributed by atoms with Crippen molar-refractivity contribution in [3.63, 3.8) is 0 Å². The van der Waals surface area contributed by atoms with Crippen molar-refractivity contribution >= 4 is 15.9 Å². The van der Waals surface area contributed by atoms with Crippen LogP contribution in [0.3, 0.4) is 0 Å². The minimum absolute atomic E-state index is 0.0567. The van der Waals surface area contributed by atoms with Crippen molar-refractivity contribution in [3.05, 3.63) is 28.2 Å². The molecule has 1 aliphatic rings. The molecule has 1 unspecified atom stereocenters. The van der Waals surface area contributed by atoms with E-state index in [0.29, 0.717) is 24.3 Å². The Kier molecular flexibility index (Phi) is 3.76. The molecule has 0 saturated carbocycles. The van der Waals surface area contributed by atoms with Crippen molar-refractivity contribution in [2.75, 3.05) is 19.8 Å². The monoisotopic (exact) mass is 292 g/mol. The minimum atomic E-state index is -0.942. The van der Waals surface area contributed by atoms with Gasteiger partial charge in [-0.15, -0.1) is 0 Å². The Morgan fingerprint density at radius 3 is 2.94 bits per heavy atom. The second-order valence-corrected chi connectivity index (χ2v) is 4.66. The molecular formula is C11H11BrF2O2. The summed E-state index contributed by atoms with van der Waals surface area (Å²) < 4.78 is 37.2. The summed E-state index contributed by atoms with van der Waals surface area (Å²) in [6.07, 6.45) is 0.901. The van der Waals surface area contributed by atoms with E-state index in [4.69, 9.17) is 9.47 Å². The first kappa shape index (κ1) is 11.8. The zero-order chi connectivity index (χ0) is 11.5. The molecule has 2 rings (SSSR count). The fraction of sp³-hybridized carbons (Fsp3) is 0.455. The molecule has 0 bridgehead atoms. The van der Waals surface area contributed by atoms with Gasteiger partial charge in [0.05, 0.1) is 13.2 Å². The van der Waals surface area contributed by atoms with Crippen LogP contribution >= 0.6 is 15.9 Å². The van der Waals surface area contributed by atoms with E-state index in [2.05, 4.69) is 15.9 Å². The second-order valence-electron chi connectivity index (χ2n) is 3.74. The van der Waals surface area contributed by atoms with Gasteiger partial charge in [-0.3, -0.25) is 0 Å². The molecule has 0 spiro atoms. The number of hydrogen-bond donors (Lipinski definition) is 0. The Morgan fingerprint density at radius 1 is 1.44 bits per heavy atom. The SMILES string of the molecule is Fc1cc(Br)cc(OCC2CCOC2)c1F. The van der Waals surface area contributed by atoms with Crippen LogP contribution in [0.1, 0.15) is 6.42 Å². The molecule has 16 heavy (non-hydrogen) atoms.